The molecule has 0 spiro atoms. The molecule has 0 radical (unpaired) electrons. The summed E-state index contributed by atoms with van der Waals surface area (Å²) in [5.41, 5.74) is 7.25. The average Bonchev–Trinajstić information content (AvgIpc) is 2.94. The second kappa shape index (κ2) is 16.1. The highest BCUT2D eigenvalue weighted by Crippen LogP contribution is 2.44. The largest absolute Gasteiger partial charge is 0.493 e. The molecule has 2 aromatic rings. The van der Waals surface area contributed by atoms with E-state index in [0.717, 1.165) is 37.7 Å². The Morgan fingerprint density at radius 3 is 2.34 bits per heavy atom. The number of para-hydroxylation sites is 1. The van der Waals surface area contributed by atoms with Gasteiger partial charge in [0.2, 0.25) is 5.91 Å². The standard InChI is InChI=1S/C32H46ClN3O5/c1-22(2)23(20-35-30(38)26-9-4-5-10-29(26)41-18-7-6-17-40-3)19-27(34)28(37)21-36-31(39)32(15-8-16-32)24-11-13-25(33)14-12-24/h4-5,9-14,22-23,27-28,37H,6-8,15-21,34H2,1-3H3,(H,35,38)(H,36,39)/t23-,27+,28+/m1/s1. The van der Waals surface area contributed by atoms with Crippen molar-refractivity contribution >= 4 is 23.4 Å². The van der Waals surface area contributed by atoms with E-state index in [0.29, 0.717) is 42.5 Å². The lowest BCUT2D eigenvalue weighted by Gasteiger charge is -2.41. The molecule has 0 bridgehead atoms. The topological polar surface area (TPSA) is 123 Å². The zero-order chi connectivity index (χ0) is 29.8. The first-order chi connectivity index (χ1) is 19.7. The number of ether oxygens (including phenoxy) is 2. The van der Waals surface area contributed by atoms with E-state index in [4.69, 9.17) is 26.8 Å². The summed E-state index contributed by atoms with van der Waals surface area (Å²) in [6.45, 7) is 5.80. The van der Waals surface area contributed by atoms with Crippen molar-refractivity contribution in [3.05, 3.63) is 64.7 Å². The van der Waals surface area contributed by atoms with Gasteiger partial charge in [0.25, 0.3) is 5.91 Å². The molecule has 8 nitrogen and oxygen atoms in total. The summed E-state index contributed by atoms with van der Waals surface area (Å²) in [6, 6.07) is 14.1. The van der Waals surface area contributed by atoms with Gasteiger partial charge in [0, 0.05) is 37.9 Å². The van der Waals surface area contributed by atoms with Crippen molar-refractivity contribution in [1.29, 1.82) is 0 Å². The number of amides is 2. The molecule has 1 aliphatic carbocycles. The first-order valence-corrected chi connectivity index (χ1v) is 15.0. The Kier molecular flexibility index (Phi) is 12.9. The second-order valence-corrected chi connectivity index (χ2v) is 11.8. The Bertz CT molecular complexity index is 1110. The Balaban J connectivity index is 1.50. The van der Waals surface area contributed by atoms with Gasteiger partial charge in [-0.25, -0.2) is 0 Å². The fourth-order valence-electron chi connectivity index (χ4n) is 5.19. The van der Waals surface area contributed by atoms with Crippen LogP contribution in [0.2, 0.25) is 5.02 Å². The Hall–Kier alpha value is -2.65. The minimum Gasteiger partial charge on any atom is -0.493 e. The number of methoxy groups -OCH3 is 1. The van der Waals surface area contributed by atoms with E-state index in [1.807, 2.05) is 24.3 Å². The maximum absolute atomic E-state index is 13.2. The number of nitrogens with two attached hydrogens (primary N) is 1. The summed E-state index contributed by atoms with van der Waals surface area (Å²) >= 11 is 6.03. The molecule has 41 heavy (non-hydrogen) atoms. The summed E-state index contributed by atoms with van der Waals surface area (Å²) in [5, 5.41) is 17.4. The molecule has 2 aromatic carbocycles. The van der Waals surface area contributed by atoms with Gasteiger partial charge in [-0.2, -0.15) is 0 Å². The molecule has 0 unspecified atom stereocenters. The van der Waals surface area contributed by atoms with Crippen LogP contribution >= 0.6 is 11.6 Å². The summed E-state index contributed by atoms with van der Waals surface area (Å²) in [7, 11) is 1.67. The van der Waals surface area contributed by atoms with Gasteiger partial charge in [-0.05, 0) is 73.8 Å². The van der Waals surface area contributed by atoms with E-state index < -0.39 is 17.6 Å². The number of nitrogens with one attached hydrogen (secondary N) is 2. The molecule has 0 aliphatic heterocycles. The lowest BCUT2D eigenvalue weighted by Crippen LogP contribution is -2.53. The molecule has 0 heterocycles. The van der Waals surface area contributed by atoms with Crippen LogP contribution < -0.4 is 21.1 Å². The van der Waals surface area contributed by atoms with Crippen LogP contribution in [0.4, 0.5) is 0 Å². The zero-order valence-electron chi connectivity index (χ0n) is 24.5. The van der Waals surface area contributed by atoms with E-state index in [-0.39, 0.29) is 30.2 Å². The molecule has 9 heteroatoms. The molecule has 3 atom stereocenters. The van der Waals surface area contributed by atoms with Crippen molar-refractivity contribution in [1.82, 2.24) is 10.6 Å². The number of rotatable bonds is 17. The minimum atomic E-state index is -0.912. The number of benzene rings is 2. The van der Waals surface area contributed by atoms with Gasteiger partial charge in [-0.3, -0.25) is 9.59 Å². The first-order valence-electron chi connectivity index (χ1n) is 14.6. The van der Waals surface area contributed by atoms with Crippen molar-refractivity contribution in [2.75, 3.05) is 33.4 Å². The third-order valence-electron chi connectivity index (χ3n) is 8.18. The van der Waals surface area contributed by atoms with Crippen molar-refractivity contribution in [3.63, 3.8) is 0 Å². The lowest BCUT2D eigenvalue weighted by atomic mass is 9.64. The minimum absolute atomic E-state index is 0.0356. The van der Waals surface area contributed by atoms with Gasteiger partial charge >= 0.3 is 0 Å². The smallest absolute Gasteiger partial charge is 0.255 e. The molecule has 1 aliphatic rings. The molecule has 1 fully saturated rings. The van der Waals surface area contributed by atoms with Gasteiger partial charge in [-0.15, -0.1) is 0 Å². The quantitative estimate of drug-likeness (QED) is 0.203. The molecule has 226 valence electrons. The zero-order valence-corrected chi connectivity index (χ0v) is 25.3. The first kappa shape index (κ1) is 32.9. The molecule has 0 saturated heterocycles. The number of carbonyl (C=O) groups excluding carboxylic acids is 2. The Morgan fingerprint density at radius 2 is 1.71 bits per heavy atom. The summed E-state index contributed by atoms with van der Waals surface area (Å²) in [4.78, 5) is 26.2. The molecule has 2 amide bonds. The maximum atomic E-state index is 13.2. The van der Waals surface area contributed by atoms with Gasteiger partial charge in [0.1, 0.15) is 5.75 Å². The van der Waals surface area contributed by atoms with E-state index in [1.54, 1.807) is 31.4 Å². The molecule has 1 saturated carbocycles. The molecular weight excluding hydrogens is 542 g/mol. The number of unbranched alkanes of at least 4 members (excludes halogenated alkanes) is 1. The van der Waals surface area contributed by atoms with Crippen molar-refractivity contribution in [3.8, 4) is 5.75 Å². The SMILES string of the molecule is COCCCCOc1ccccc1C(=O)NC[C@@H](C[C@H](N)[C@@H](O)CNC(=O)C1(c2ccc(Cl)cc2)CCC1)C(C)C. The highest BCUT2D eigenvalue weighted by atomic mass is 35.5. The average molecular weight is 588 g/mol. The van der Waals surface area contributed by atoms with E-state index in [9.17, 15) is 14.7 Å². The highest BCUT2D eigenvalue weighted by molar-refractivity contribution is 6.30. The van der Waals surface area contributed by atoms with Crippen LogP contribution in [0.1, 0.15) is 68.3 Å². The van der Waals surface area contributed by atoms with Crippen LogP contribution in [-0.4, -0.2) is 62.5 Å². The van der Waals surface area contributed by atoms with E-state index >= 15 is 0 Å². The number of halogens is 1. The van der Waals surface area contributed by atoms with Crippen LogP contribution in [0.3, 0.4) is 0 Å². The fraction of sp³-hybridized carbons (Fsp3) is 0.562. The number of hydrogen-bond acceptors (Lipinski definition) is 6. The maximum Gasteiger partial charge on any atom is 0.255 e. The summed E-state index contributed by atoms with van der Waals surface area (Å²) in [5.74, 6) is 0.503. The predicted octanol–water partition coefficient (Wildman–Crippen LogP) is 4.46. The number of carbonyl (C=O) groups is 2. The van der Waals surface area contributed by atoms with Crippen LogP contribution in [0.5, 0.6) is 5.75 Å². The van der Waals surface area contributed by atoms with Crippen LogP contribution in [0, 0.1) is 11.8 Å². The summed E-state index contributed by atoms with van der Waals surface area (Å²) < 4.78 is 10.9. The predicted molar refractivity (Wildman–Crippen MR) is 162 cm³/mol. The third kappa shape index (κ3) is 9.17. The Labute approximate surface area is 249 Å². The number of aliphatic hydroxyl groups is 1. The van der Waals surface area contributed by atoms with Crippen LogP contribution in [0.15, 0.2) is 48.5 Å². The fourth-order valence-corrected chi connectivity index (χ4v) is 5.32. The second-order valence-electron chi connectivity index (χ2n) is 11.4. The molecule has 5 N–H and O–H groups in total. The lowest BCUT2D eigenvalue weighted by molar-refractivity contribution is -0.130. The third-order valence-corrected chi connectivity index (χ3v) is 8.43. The van der Waals surface area contributed by atoms with Crippen molar-refractivity contribution in [2.45, 2.75) is 69.9 Å². The van der Waals surface area contributed by atoms with Gasteiger partial charge in [0.05, 0.1) is 23.7 Å². The molecule has 0 aromatic heterocycles. The van der Waals surface area contributed by atoms with Crippen molar-refractivity contribution < 1.29 is 24.2 Å². The van der Waals surface area contributed by atoms with Crippen molar-refractivity contribution in [2.24, 2.45) is 17.6 Å². The highest BCUT2D eigenvalue weighted by Gasteiger charge is 2.45. The van der Waals surface area contributed by atoms with E-state index in [1.165, 1.54) is 0 Å². The normalized spacial score (nSPS) is 16.4. The van der Waals surface area contributed by atoms with Crippen LogP contribution in [-0.2, 0) is 14.9 Å². The molecular formula is C32H46ClN3O5. The van der Waals surface area contributed by atoms with Gasteiger partial charge < -0.3 is 30.9 Å². The number of aliphatic hydroxyl groups excluding tert-OH is 1. The summed E-state index contributed by atoms with van der Waals surface area (Å²) in [6.07, 6.45) is 3.81. The van der Waals surface area contributed by atoms with Gasteiger partial charge in [-0.1, -0.05) is 56.1 Å². The van der Waals surface area contributed by atoms with E-state index in [2.05, 4.69) is 24.5 Å². The Morgan fingerprint density at radius 1 is 1.02 bits per heavy atom. The molecule has 3 rings (SSSR count). The number of hydrogen-bond donors (Lipinski definition) is 4. The van der Waals surface area contributed by atoms with Gasteiger partial charge in [0.15, 0.2) is 0 Å². The monoisotopic (exact) mass is 587 g/mol. The van der Waals surface area contributed by atoms with Crippen LogP contribution in [0.25, 0.3) is 0 Å².